The molecule has 0 saturated carbocycles. The normalized spacial score (nSPS) is 13.4. The van der Waals surface area contributed by atoms with Crippen LogP contribution in [0.4, 0.5) is 4.39 Å². The third-order valence-corrected chi connectivity index (χ3v) is 5.30. The summed E-state index contributed by atoms with van der Waals surface area (Å²) in [5.74, 6) is 0.413. The molecule has 1 atom stereocenters. The summed E-state index contributed by atoms with van der Waals surface area (Å²) in [6.07, 6.45) is 1.82. The lowest BCUT2D eigenvalue weighted by atomic mass is 9.70. The predicted molar refractivity (Wildman–Crippen MR) is 105 cm³/mol. The fraction of sp³-hybridized carbons (Fsp3) is 0.130. The first-order chi connectivity index (χ1) is 13.1. The lowest BCUT2D eigenvalue weighted by Gasteiger charge is -2.32. The van der Waals surface area contributed by atoms with E-state index in [0.717, 1.165) is 22.1 Å². The molecule has 27 heavy (non-hydrogen) atoms. The average molecular weight is 361 g/mol. The Bertz CT molecular complexity index is 1100. The van der Waals surface area contributed by atoms with Crippen molar-refractivity contribution < 1.29 is 14.2 Å². The molecule has 0 unspecified atom stereocenters. The number of aromatic nitrogens is 1. The first-order valence-electron chi connectivity index (χ1n) is 8.75. The molecule has 0 bridgehead atoms. The van der Waals surface area contributed by atoms with Crippen molar-refractivity contribution in [1.29, 1.82) is 0 Å². The number of halogens is 1. The van der Waals surface area contributed by atoms with Gasteiger partial charge in [0.25, 0.3) is 0 Å². The SMILES string of the molecule is COc1ccc([C@@](C)(c2ccccc2)c2c[nH]c3c(F)cccc23)c(O)c1. The van der Waals surface area contributed by atoms with Crippen LogP contribution in [0.3, 0.4) is 0 Å². The van der Waals surface area contributed by atoms with E-state index in [-0.39, 0.29) is 11.6 Å². The number of nitrogens with one attached hydrogen (secondary N) is 1. The van der Waals surface area contributed by atoms with Gasteiger partial charge in [0, 0.05) is 28.6 Å². The number of fused-ring (bicyclic) bond motifs is 1. The molecule has 0 aliphatic heterocycles. The molecule has 4 heteroatoms. The second-order valence-corrected chi connectivity index (χ2v) is 6.74. The molecule has 0 aliphatic rings. The van der Waals surface area contributed by atoms with Crippen molar-refractivity contribution in [3.05, 3.63) is 95.4 Å². The minimum absolute atomic E-state index is 0.131. The van der Waals surface area contributed by atoms with Gasteiger partial charge in [0.1, 0.15) is 17.3 Å². The maximum absolute atomic E-state index is 14.3. The van der Waals surface area contributed by atoms with E-state index in [1.807, 2.05) is 61.7 Å². The Morgan fingerprint density at radius 1 is 0.963 bits per heavy atom. The first kappa shape index (κ1) is 17.2. The topological polar surface area (TPSA) is 45.2 Å². The maximum Gasteiger partial charge on any atom is 0.147 e. The molecule has 0 radical (unpaired) electrons. The first-order valence-corrected chi connectivity index (χ1v) is 8.75. The number of aromatic amines is 1. The van der Waals surface area contributed by atoms with E-state index in [1.165, 1.54) is 6.07 Å². The molecule has 3 aromatic carbocycles. The minimum atomic E-state index is -0.691. The zero-order valence-electron chi connectivity index (χ0n) is 15.2. The molecule has 136 valence electrons. The van der Waals surface area contributed by atoms with Crippen LogP contribution in [0.15, 0.2) is 72.9 Å². The van der Waals surface area contributed by atoms with Gasteiger partial charge in [-0.2, -0.15) is 0 Å². The molecule has 0 amide bonds. The van der Waals surface area contributed by atoms with Crippen LogP contribution in [-0.4, -0.2) is 17.2 Å². The van der Waals surface area contributed by atoms with Crippen molar-refractivity contribution in [2.45, 2.75) is 12.3 Å². The maximum atomic E-state index is 14.3. The van der Waals surface area contributed by atoms with E-state index in [0.29, 0.717) is 11.3 Å². The Kier molecular flexibility index (Phi) is 4.11. The third kappa shape index (κ3) is 2.65. The number of hydrogen-bond donors (Lipinski definition) is 2. The summed E-state index contributed by atoms with van der Waals surface area (Å²) in [4.78, 5) is 3.06. The highest BCUT2D eigenvalue weighted by atomic mass is 19.1. The second kappa shape index (κ2) is 6.47. The third-order valence-electron chi connectivity index (χ3n) is 5.30. The molecule has 4 aromatic rings. The van der Waals surface area contributed by atoms with Gasteiger partial charge in [-0.15, -0.1) is 0 Å². The van der Waals surface area contributed by atoms with Gasteiger partial charge in [-0.25, -0.2) is 4.39 Å². The quantitative estimate of drug-likeness (QED) is 0.513. The lowest BCUT2D eigenvalue weighted by Crippen LogP contribution is -2.25. The molecule has 0 fully saturated rings. The van der Waals surface area contributed by atoms with Crippen molar-refractivity contribution in [1.82, 2.24) is 4.98 Å². The fourth-order valence-corrected chi connectivity index (χ4v) is 3.82. The summed E-state index contributed by atoms with van der Waals surface area (Å²) in [5.41, 5.74) is 2.38. The number of aromatic hydroxyl groups is 1. The van der Waals surface area contributed by atoms with Crippen molar-refractivity contribution in [3.63, 3.8) is 0 Å². The minimum Gasteiger partial charge on any atom is -0.507 e. The molecular formula is C23H20FNO2. The number of ether oxygens (including phenoxy) is 1. The van der Waals surface area contributed by atoms with Crippen LogP contribution in [-0.2, 0) is 5.41 Å². The molecule has 0 aliphatic carbocycles. The molecule has 2 N–H and O–H groups in total. The van der Waals surface area contributed by atoms with Gasteiger partial charge in [-0.3, -0.25) is 0 Å². The summed E-state index contributed by atoms with van der Waals surface area (Å²) in [5, 5.41) is 11.6. The highest BCUT2D eigenvalue weighted by Gasteiger charge is 2.36. The zero-order valence-corrected chi connectivity index (χ0v) is 15.2. The van der Waals surface area contributed by atoms with E-state index in [1.54, 1.807) is 19.2 Å². The summed E-state index contributed by atoms with van der Waals surface area (Å²) in [6.45, 7) is 2.04. The van der Waals surface area contributed by atoms with Crippen LogP contribution < -0.4 is 4.74 Å². The lowest BCUT2D eigenvalue weighted by molar-refractivity contribution is 0.404. The smallest absolute Gasteiger partial charge is 0.147 e. The largest absolute Gasteiger partial charge is 0.507 e. The van der Waals surface area contributed by atoms with Crippen LogP contribution in [0.2, 0.25) is 0 Å². The number of rotatable bonds is 4. The molecule has 0 spiro atoms. The van der Waals surface area contributed by atoms with Gasteiger partial charge < -0.3 is 14.8 Å². The van der Waals surface area contributed by atoms with Crippen molar-refractivity contribution in [2.75, 3.05) is 7.11 Å². The molecule has 0 saturated heterocycles. The highest BCUT2D eigenvalue weighted by Crippen LogP contribution is 2.46. The van der Waals surface area contributed by atoms with E-state index in [9.17, 15) is 9.50 Å². The van der Waals surface area contributed by atoms with Crippen LogP contribution in [0, 0.1) is 5.82 Å². The second-order valence-electron chi connectivity index (χ2n) is 6.74. The summed E-state index contributed by atoms with van der Waals surface area (Å²) in [6, 6.07) is 20.2. The Hall–Kier alpha value is -3.27. The Morgan fingerprint density at radius 2 is 1.74 bits per heavy atom. The van der Waals surface area contributed by atoms with Gasteiger partial charge in [-0.05, 0) is 30.2 Å². The van der Waals surface area contributed by atoms with E-state index in [4.69, 9.17) is 4.74 Å². The number of para-hydroxylation sites is 1. The fourth-order valence-electron chi connectivity index (χ4n) is 3.82. The number of methoxy groups -OCH3 is 1. The number of benzene rings is 3. The number of H-pyrrole nitrogens is 1. The van der Waals surface area contributed by atoms with Crippen LogP contribution >= 0.6 is 0 Å². The standard InChI is InChI=1S/C23H20FNO2/c1-23(15-7-4-3-5-8-15,18-12-11-16(27-2)13-21(18)26)19-14-25-22-17(19)9-6-10-20(22)24/h3-14,25-26H,1-2H3/t23-/m1/s1. The zero-order chi connectivity index (χ0) is 19.0. The Balaban J connectivity index is 2.04. The van der Waals surface area contributed by atoms with Crippen LogP contribution in [0.5, 0.6) is 11.5 Å². The number of phenols is 1. The van der Waals surface area contributed by atoms with Gasteiger partial charge in [0.05, 0.1) is 12.6 Å². The molecule has 1 aromatic heterocycles. The Morgan fingerprint density at radius 3 is 2.44 bits per heavy atom. The van der Waals surface area contributed by atoms with Crippen LogP contribution in [0.1, 0.15) is 23.6 Å². The predicted octanol–water partition coefficient (Wildman–Crippen LogP) is 5.38. The monoisotopic (exact) mass is 361 g/mol. The van der Waals surface area contributed by atoms with Gasteiger partial charge in [0.2, 0.25) is 0 Å². The van der Waals surface area contributed by atoms with Crippen molar-refractivity contribution in [3.8, 4) is 11.5 Å². The molecule has 4 rings (SSSR count). The van der Waals surface area contributed by atoms with Gasteiger partial charge in [-0.1, -0.05) is 48.5 Å². The van der Waals surface area contributed by atoms with Crippen LogP contribution in [0.25, 0.3) is 10.9 Å². The highest BCUT2D eigenvalue weighted by molar-refractivity contribution is 5.86. The number of hydrogen-bond acceptors (Lipinski definition) is 2. The number of phenolic OH excluding ortho intramolecular Hbond substituents is 1. The molecule has 1 heterocycles. The molecular weight excluding hydrogens is 341 g/mol. The average Bonchev–Trinajstić information content (AvgIpc) is 3.14. The summed E-state index contributed by atoms with van der Waals surface area (Å²) < 4.78 is 19.5. The van der Waals surface area contributed by atoms with E-state index >= 15 is 0 Å². The van der Waals surface area contributed by atoms with E-state index in [2.05, 4.69) is 4.98 Å². The molecule has 3 nitrogen and oxygen atoms in total. The Labute approximate surface area is 157 Å². The van der Waals surface area contributed by atoms with Crippen molar-refractivity contribution in [2.24, 2.45) is 0 Å². The van der Waals surface area contributed by atoms with Gasteiger partial charge in [0.15, 0.2) is 0 Å². The van der Waals surface area contributed by atoms with Gasteiger partial charge >= 0.3 is 0 Å². The summed E-state index contributed by atoms with van der Waals surface area (Å²) >= 11 is 0. The van der Waals surface area contributed by atoms with E-state index < -0.39 is 5.41 Å². The van der Waals surface area contributed by atoms with Crippen molar-refractivity contribution >= 4 is 10.9 Å². The summed E-state index contributed by atoms with van der Waals surface area (Å²) in [7, 11) is 1.56.